The maximum atomic E-state index is 15.0. The molecule has 0 aliphatic rings. The molecule has 5 aromatic carbocycles. The molecule has 0 bridgehead atoms. The standard InChI is InChI=1S/C35H28F4O4.2C2H6/c1-25-22-32(42-34(36,37)28-12-16-30(17-13-28)40-23-26-8-4-2-5-9-26)20-21-33(25)43-35(38,39)29-14-18-31(19-15-29)41-24-27-10-6-3-7-11-27;2*1-2/h2-22H,23-24H2,1H3;2*1-2H3. The molecule has 0 amide bonds. The van der Waals surface area contributed by atoms with E-state index in [0.717, 1.165) is 17.2 Å². The van der Waals surface area contributed by atoms with Gasteiger partial charge in [-0.2, -0.15) is 17.6 Å². The second-order valence-corrected chi connectivity index (χ2v) is 9.76. The van der Waals surface area contributed by atoms with Crippen LogP contribution in [0.3, 0.4) is 0 Å². The third-order valence-corrected chi connectivity index (χ3v) is 6.51. The molecule has 248 valence electrons. The minimum Gasteiger partial charge on any atom is -0.489 e. The summed E-state index contributed by atoms with van der Waals surface area (Å²) >= 11 is 0. The average molecular weight is 649 g/mol. The fourth-order valence-corrected chi connectivity index (χ4v) is 4.18. The van der Waals surface area contributed by atoms with E-state index in [1.165, 1.54) is 67.6 Å². The monoisotopic (exact) mass is 648 g/mol. The fraction of sp³-hybridized carbons (Fsp3) is 0.231. The van der Waals surface area contributed by atoms with Crippen molar-refractivity contribution < 1.29 is 36.5 Å². The van der Waals surface area contributed by atoms with Gasteiger partial charge < -0.3 is 18.9 Å². The fourth-order valence-electron chi connectivity index (χ4n) is 4.18. The van der Waals surface area contributed by atoms with Crippen molar-refractivity contribution in [1.82, 2.24) is 0 Å². The van der Waals surface area contributed by atoms with Crippen LogP contribution in [0.25, 0.3) is 0 Å². The van der Waals surface area contributed by atoms with Crippen LogP contribution in [0, 0.1) is 6.92 Å². The zero-order chi connectivity index (χ0) is 34.3. The van der Waals surface area contributed by atoms with Gasteiger partial charge in [-0.3, -0.25) is 0 Å². The van der Waals surface area contributed by atoms with Crippen molar-refractivity contribution in [2.45, 2.75) is 60.0 Å². The molecule has 0 N–H and O–H groups in total. The van der Waals surface area contributed by atoms with Crippen molar-refractivity contribution >= 4 is 0 Å². The van der Waals surface area contributed by atoms with Gasteiger partial charge in [-0.25, -0.2) is 0 Å². The highest BCUT2D eigenvalue weighted by Crippen LogP contribution is 2.37. The van der Waals surface area contributed by atoms with Crippen LogP contribution in [0.4, 0.5) is 17.6 Å². The quantitative estimate of drug-likeness (QED) is 0.126. The first-order valence-corrected chi connectivity index (χ1v) is 15.5. The lowest BCUT2D eigenvalue weighted by molar-refractivity contribution is -0.188. The third-order valence-electron chi connectivity index (χ3n) is 6.51. The molecule has 0 spiro atoms. The lowest BCUT2D eigenvalue weighted by Gasteiger charge is -2.22. The molecule has 5 aromatic rings. The second kappa shape index (κ2) is 17.6. The van der Waals surface area contributed by atoms with Gasteiger partial charge in [-0.15, -0.1) is 0 Å². The number of alkyl halides is 4. The Balaban J connectivity index is 0.00000144. The van der Waals surface area contributed by atoms with Crippen molar-refractivity contribution in [3.63, 3.8) is 0 Å². The highest BCUT2D eigenvalue weighted by molar-refractivity contribution is 5.41. The van der Waals surface area contributed by atoms with Crippen LogP contribution >= 0.6 is 0 Å². The number of hydrogen-bond acceptors (Lipinski definition) is 4. The number of hydrogen-bond donors (Lipinski definition) is 0. The molecule has 0 saturated heterocycles. The smallest absolute Gasteiger partial charge is 0.426 e. The van der Waals surface area contributed by atoms with E-state index >= 15 is 0 Å². The predicted octanol–water partition coefficient (Wildman–Crippen LogP) is 11.5. The van der Waals surface area contributed by atoms with E-state index < -0.39 is 12.2 Å². The Morgan fingerprint density at radius 1 is 0.468 bits per heavy atom. The lowest BCUT2D eigenvalue weighted by atomic mass is 10.1. The predicted molar refractivity (Wildman–Crippen MR) is 177 cm³/mol. The molecule has 0 heterocycles. The molecular formula is C39H40F4O4. The highest BCUT2D eigenvalue weighted by Gasteiger charge is 2.36. The summed E-state index contributed by atoms with van der Waals surface area (Å²) in [5, 5.41) is 0. The van der Waals surface area contributed by atoms with Gasteiger partial charge in [0.2, 0.25) is 0 Å². The molecule has 5 rings (SSSR count). The summed E-state index contributed by atoms with van der Waals surface area (Å²) in [5.74, 6) is 0.472. The van der Waals surface area contributed by atoms with E-state index in [0.29, 0.717) is 24.7 Å². The second-order valence-electron chi connectivity index (χ2n) is 9.76. The molecule has 47 heavy (non-hydrogen) atoms. The largest absolute Gasteiger partial charge is 0.489 e. The highest BCUT2D eigenvalue weighted by atomic mass is 19.3. The first-order chi connectivity index (χ1) is 22.7. The Hall–Kier alpha value is -4.98. The summed E-state index contributed by atoms with van der Waals surface area (Å²) < 4.78 is 81.0. The zero-order valence-corrected chi connectivity index (χ0v) is 27.2. The zero-order valence-electron chi connectivity index (χ0n) is 27.2. The molecule has 0 atom stereocenters. The van der Waals surface area contributed by atoms with Crippen molar-refractivity contribution in [2.24, 2.45) is 0 Å². The Labute approximate surface area is 274 Å². The Bertz CT molecular complexity index is 1610. The number of benzene rings is 5. The molecule has 0 fully saturated rings. The minimum absolute atomic E-state index is 0.176. The van der Waals surface area contributed by atoms with Crippen LogP contribution in [0.2, 0.25) is 0 Å². The van der Waals surface area contributed by atoms with E-state index in [1.807, 2.05) is 88.4 Å². The van der Waals surface area contributed by atoms with Crippen LogP contribution in [0.1, 0.15) is 55.5 Å². The summed E-state index contributed by atoms with van der Waals surface area (Å²) in [4.78, 5) is 0. The number of halogens is 4. The van der Waals surface area contributed by atoms with E-state index in [-0.39, 0.29) is 28.2 Å². The van der Waals surface area contributed by atoms with Crippen LogP contribution in [0.15, 0.2) is 127 Å². The summed E-state index contributed by atoms with van der Waals surface area (Å²) in [6.07, 6.45) is -7.36. The third kappa shape index (κ3) is 10.8. The Kier molecular flexibility index (Phi) is 13.7. The molecule has 4 nitrogen and oxygen atoms in total. The van der Waals surface area contributed by atoms with Gasteiger partial charge in [0.1, 0.15) is 36.2 Å². The van der Waals surface area contributed by atoms with Crippen LogP contribution in [-0.2, 0) is 25.4 Å². The SMILES string of the molecule is CC.CC.Cc1cc(OC(F)(F)c2ccc(OCc3ccccc3)cc2)ccc1OC(F)(F)c1ccc(OCc2ccccc2)cc1. The van der Waals surface area contributed by atoms with Crippen LogP contribution < -0.4 is 18.9 Å². The van der Waals surface area contributed by atoms with Gasteiger partial charge in [0, 0.05) is 0 Å². The van der Waals surface area contributed by atoms with Gasteiger partial charge >= 0.3 is 12.2 Å². The normalized spacial score (nSPS) is 10.8. The van der Waals surface area contributed by atoms with Crippen LogP contribution in [-0.4, -0.2) is 0 Å². The van der Waals surface area contributed by atoms with Gasteiger partial charge in [0.25, 0.3) is 0 Å². The molecule has 0 aliphatic carbocycles. The van der Waals surface area contributed by atoms with Crippen molar-refractivity contribution in [2.75, 3.05) is 0 Å². The Morgan fingerprint density at radius 2 is 0.851 bits per heavy atom. The molecule has 8 heteroatoms. The van der Waals surface area contributed by atoms with Crippen molar-refractivity contribution in [3.8, 4) is 23.0 Å². The minimum atomic E-state index is -3.68. The van der Waals surface area contributed by atoms with E-state index in [1.54, 1.807) is 0 Å². The van der Waals surface area contributed by atoms with Gasteiger partial charge in [-0.1, -0.05) is 88.4 Å². The maximum Gasteiger partial charge on any atom is 0.426 e. The van der Waals surface area contributed by atoms with Gasteiger partial charge in [0.05, 0.1) is 11.1 Å². The molecule has 0 aliphatic heterocycles. The van der Waals surface area contributed by atoms with E-state index in [4.69, 9.17) is 18.9 Å². The molecular weight excluding hydrogens is 608 g/mol. The lowest BCUT2D eigenvalue weighted by Crippen LogP contribution is -2.23. The van der Waals surface area contributed by atoms with Gasteiger partial charge in [-0.05, 0) is 90.3 Å². The summed E-state index contributed by atoms with van der Waals surface area (Å²) in [5.41, 5.74) is 1.31. The topological polar surface area (TPSA) is 36.9 Å². The maximum absolute atomic E-state index is 15.0. The summed E-state index contributed by atoms with van der Waals surface area (Å²) in [6, 6.07) is 33.0. The first-order valence-electron chi connectivity index (χ1n) is 15.5. The summed E-state index contributed by atoms with van der Waals surface area (Å²) in [7, 11) is 0. The van der Waals surface area contributed by atoms with E-state index in [2.05, 4.69) is 0 Å². The molecule has 0 saturated carbocycles. The van der Waals surface area contributed by atoms with Crippen molar-refractivity contribution in [3.05, 3.63) is 155 Å². The molecule has 0 unspecified atom stereocenters. The van der Waals surface area contributed by atoms with Crippen LogP contribution in [0.5, 0.6) is 23.0 Å². The van der Waals surface area contributed by atoms with E-state index in [9.17, 15) is 17.6 Å². The molecule has 0 radical (unpaired) electrons. The first kappa shape index (κ1) is 36.5. The summed E-state index contributed by atoms with van der Waals surface area (Å²) in [6.45, 7) is 10.1. The number of rotatable bonds is 12. The van der Waals surface area contributed by atoms with Gasteiger partial charge in [0.15, 0.2) is 0 Å². The molecule has 0 aromatic heterocycles. The number of ether oxygens (including phenoxy) is 4. The number of aryl methyl sites for hydroxylation is 1. The Morgan fingerprint density at radius 3 is 1.26 bits per heavy atom. The van der Waals surface area contributed by atoms with Crippen molar-refractivity contribution in [1.29, 1.82) is 0 Å². The average Bonchev–Trinajstić information content (AvgIpc) is 3.10.